The topological polar surface area (TPSA) is 117 Å². The molecule has 0 saturated heterocycles. The lowest BCUT2D eigenvalue weighted by atomic mass is 9.93. The third kappa shape index (κ3) is 5.38. The summed E-state index contributed by atoms with van der Waals surface area (Å²) in [5.74, 6) is -2.42. The molecule has 0 aromatic carbocycles. The average molecular weight is 542 g/mol. The van der Waals surface area contributed by atoms with Crippen molar-refractivity contribution in [2.45, 2.75) is 51.7 Å². The van der Waals surface area contributed by atoms with E-state index in [4.69, 9.17) is 4.74 Å². The first kappa shape index (κ1) is 25.8. The van der Waals surface area contributed by atoms with Crippen molar-refractivity contribution in [1.82, 2.24) is 29.5 Å². The van der Waals surface area contributed by atoms with Gasteiger partial charge in [0.05, 0.1) is 24.0 Å². The highest BCUT2D eigenvalue weighted by Gasteiger charge is 2.27. The lowest BCUT2D eigenvalue weighted by Crippen LogP contribution is -2.24. The van der Waals surface area contributed by atoms with Gasteiger partial charge in [0.15, 0.2) is 5.82 Å². The number of pyridine rings is 1. The van der Waals surface area contributed by atoms with Crippen molar-refractivity contribution in [1.29, 1.82) is 0 Å². The second-order valence-corrected chi connectivity index (χ2v) is 9.76. The van der Waals surface area contributed by atoms with Crippen LogP contribution in [0.2, 0.25) is 0 Å². The van der Waals surface area contributed by atoms with E-state index in [2.05, 4.69) is 25.5 Å². The fourth-order valence-corrected chi connectivity index (χ4v) is 5.22. The fraction of sp³-hybridized carbons (Fsp3) is 0.360. The number of thiazole rings is 1. The summed E-state index contributed by atoms with van der Waals surface area (Å²) in [4.78, 5) is 32.7. The Labute approximate surface area is 220 Å². The van der Waals surface area contributed by atoms with Crippen LogP contribution in [0.25, 0.3) is 22.0 Å². The Bertz CT molecular complexity index is 1470. The second kappa shape index (κ2) is 10.9. The molecule has 4 heterocycles. The smallest absolute Gasteiger partial charge is 0.275 e. The number of amides is 1. The van der Waals surface area contributed by atoms with E-state index in [-0.39, 0.29) is 40.8 Å². The molecule has 198 valence electrons. The van der Waals surface area contributed by atoms with Crippen molar-refractivity contribution in [3.05, 3.63) is 53.6 Å². The summed E-state index contributed by atoms with van der Waals surface area (Å²) >= 11 is 1.21. The Kier molecular flexibility index (Phi) is 7.38. The standard InChI is InChI=1S/C25H25F2N7O3S/c1-3-37-17-6-4-16(5-7-17)34-12-19(23(32-34)22-18(26)8-9-21(27)31-22)29-24(36)20-13-38-25(30-20)15-10-28-33(11-15)14(2)35/h8-13,16-17H,3-7H2,1-2H3,(H,29,36). The molecule has 38 heavy (non-hydrogen) atoms. The molecule has 1 N–H and O–H groups in total. The Hall–Kier alpha value is -3.84. The molecule has 1 saturated carbocycles. The van der Waals surface area contributed by atoms with Crippen LogP contribution in [0.4, 0.5) is 14.5 Å². The van der Waals surface area contributed by atoms with Gasteiger partial charge in [-0.05, 0) is 44.7 Å². The number of anilines is 1. The summed E-state index contributed by atoms with van der Waals surface area (Å²) in [5.41, 5.74) is 0.631. The minimum absolute atomic E-state index is 0.0106. The fourth-order valence-electron chi connectivity index (χ4n) is 4.44. The van der Waals surface area contributed by atoms with Gasteiger partial charge in [-0.1, -0.05) is 0 Å². The predicted molar refractivity (Wildman–Crippen MR) is 136 cm³/mol. The maximum atomic E-state index is 14.7. The van der Waals surface area contributed by atoms with E-state index >= 15 is 0 Å². The zero-order chi connectivity index (χ0) is 26.8. The molecule has 1 aliphatic carbocycles. The zero-order valence-corrected chi connectivity index (χ0v) is 21.5. The highest BCUT2D eigenvalue weighted by atomic mass is 32.1. The molecule has 13 heteroatoms. The number of carbonyl (C=O) groups excluding carboxylic acids is 2. The number of nitrogens with zero attached hydrogens (tertiary/aromatic N) is 6. The first-order valence-electron chi connectivity index (χ1n) is 12.2. The van der Waals surface area contributed by atoms with Crippen molar-refractivity contribution < 1.29 is 23.1 Å². The summed E-state index contributed by atoms with van der Waals surface area (Å²) in [6.07, 6.45) is 8.12. The van der Waals surface area contributed by atoms with Gasteiger partial charge in [-0.15, -0.1) is 11.3 Å². The molecular weight excluding hydrogens is 516 g/mol. The van der Waals surface area contributed by atoms with Crippen LogP contribution in [-0.2, 0) is 4.74 Å². The summed E-state index contributed by atoms with van der Waals surface area (Å²) in [5, 5.41) is 13.3. The first-order chi connectivity index (χ1) is 18.3. The van der Waals surface area contributed by atoms with Crippen LogP contribution in [-0.4, -0.2) is 54.1 Å². The van der Waals surface area contributed by atoms with E-state index in [1.807, 2.05) is 6.92 Å². The Morgan fingerprint density at radius 1 is 1.13 bits per heavy atom. The molecule has 5 rings (SSSR count). The number of ether oxygens (including phenoxy) is 1. The largest absolute Gasteiger partial charge is 0.379 e. The van der Waals surface area contributed by atoms with Gasteiger partial charge < -0.3 is 10.1 Å². The van der Waals surface area contributed by atoms with E-state index < -0.39 is 17.7 Å². The number of nitrogens with one attached hydrogen (secondary N) is 1. The van der Waals surface area contributed by atoms with Crippen molar-refractivity contribution in [2.75, 3.05) is 11.9 Å². The number of aromatic nitrogens is 6. The van der Waals surface area contributed by atoms with Crippen LogP contribution in [0.3, 0.4) is 0 Å². The van der Waals surface area contributed by atoms with Crippen LogP contribution in [0, 0.1) is 11.8 Å². The summed E-state index contributed by atoms with van der Waals surface area (Å²) in [7, 11) is 0. The van der Waals surface area contributed by atoms with Crippen LogP contribution >= 0.6 is 11.3 Å². The molecule has 1 amide bonds. The number of halogens is 2. The summed E-state index contributed by atoms with van der Waals surface area (Å²) in [6.45, 7) is 4.00. The van der Waals surface area contributed by atoms with Crippen molar-refractivity contribution in [3.63, 3.8) is 0 Å². The van der Waals surface area contributed by atoms with E-state index in [0.29, 0.717) is 17.2 Å². The van der Waals surface area contributed by atoms with Gasteiger partial charge >= 0.3 is 0 Å². The van der Waals surface area contributed by atoms with Crippen molar-refractivity contribution in [3.8, 4) is 22.0 Å². The Balaban J connectivity index is 1.42. The molecule has 1 fully saturated rings. The van der Waals surface area contributed by atoms with Gasteiger partial charge in [0.2, 0.25) is 11.9 Å². The number of carbonyl (C=O) groups is 2. The van der Waals surface area contributed by atoms with Crippen molar-refractivity contribution >= 4 is 28.8 Å². The van der Waals surface area contributed by atoms with Gasteiger partial charge in [0.25, 0.3) is 5.91 Å². The average Bonchev–Trinajstić information content (AvgIpc) is 3.66. The predicted octanol–water partition coefficient (Wildman–Crippen LogP) is 4.98. The van der Waals surface area contributed by atoms with E-state index in [1.165, 1.54) is 35.3 Å². The quantitative estimate of drug-likeness (QED) is 0.328. The number of rotatable bonds is 7. The van der Waals surface area contributed by atoms with Gasteiger partial charge in [-0.3, -0.25) is 14.3 Å². The van der Waals surface area contributed by atoms with Crippen LogP contribution in [0.15, 0.2) is 36.1 Å². The molecule has 0 unspecified atom stereocenters. The maximum Gasteiger partial charge on any atom is 0.275 e. The van der Waals surface area contributed by atoms with Crippen LogP contribution in [0.5, 0.6) is 0 Å². The minimum atomic E-state index is -0.860. The zero-order valence-electron chi connectivity index (χ0n) is 20.7. The molecule has 0 aliphatic heterocycles. The number of hydrogen-bond donors (Lipinski definition) is 1. The maximum absolute atomic E-state index is 14.7. The molecule has 4 aromatic rings. The van der Waals surface area contributed by atoms with E-state index in [9.17, 15) is 18.4 Å². The Morgan fingerprint density at radius 2 is 1.92 bits per heavy atom. The molecule has 0 bridgehead atoms. The van der Waals surface area contributed by atoms with Gasteiger partial charge in [0, 0.05) is 36.9 Å². The van der Waals surface area contributed by atoms with E-state index in [1.54, 1.807) is 16.3 Å². The van der Waals surface area contributed by atoms with Gasteiger partial charge in [0.1, 0.15) is 22.1 Å². The van der Waals surface area contributed by atoms with Gasteiger partial charge in [-0.2, -0.15) is 14.6 Å². The third-order valence-corrected chi connectivity index (χ3v) is 7.22. The lowest BCUT2D eigenvalue weighted by Gasteiger charge is -2.28. The third-order valence-electron chi connectivity index (χ3n) is 6.33. The van der Waals surface area contributed by atoms with Gasteiger partial charge in [-0.25, -0.2) is 19.0 Å². The lowest BCUT2D eigenvalue weighted by molar-refractivity contribution is 0.0260. The molecule has 0 radical (unpaired) electrons. The Morgan fingerprint density at radius 3 is 2.63 bits per heavy atom. The van der Waals surface area contributed by atoms with Crippen LogP contribution in [0.1, 0.15) is 60.9 Å². The molecule has 1 aliphatic rings. The molecule has 0 atom stereocenters. The minimum Gasteiger partial charge on any atom is -0.379 e. The van der Waals surface area contributed by atoms with Crippen LogP contribution < -0.4 is 5.32 Å². The van der Waals surface area contributed by atoms with E-state index in [0.717, 1.165) is 37.8 Å². The summed E-state index contributed by atoms with van der Waals surface area (Å²) in [6, 6.07) is 1.91. The second-order valence-electron chi connectivity index (χ2n) is 8.91. The highest BCUT2D eigenvalue weighted by molar-refractivity contribution is 7.13. The SMILES string of the molecule is CCOC1CCC(n2cc(NC(=O)c3csc(-c4cnn(C(C)=O)c4)n3)c(-c3nc(F)ccc3F)n2)CC1. The molecular formula is C25H25F2N7O3S. The molecule has 4 aromatic heterocycles. The monoisotopic (exact) mass is 541 g/mol. The molecule has 0 spiro atoms. The highest BCUT2D eigenvalue weighted by Crippen LogP contribution is 2.34. The first-order valence-corrected chi connectivity index (χ1v) is 13.1. The number of hydrogen-bond acceptors (Lipinski definition) is 8. The normalized spacial score (nSPS) is 17.5. The summed E-state index contributed by atoms with van der Waals surface area (Å²) < 4.78 is 37.2. The van der Waals surface area contributed by atoms with Crippen molar-refractivity contribution in [2.24, 2.45) is 0 Å². The molecule has 10 nitrogen and oxygen atoms in total.